The van der Waals surface area contributed by atoms with Crippen LogP contribution in [0.2, 0.25) is 0 Å². The summed E-state index contributed by atoms with van der Waals surface area (Å²) < 4.78 is 1.33. The van der Waals surface area contributed by atoms with E-state index < -0.39 is 0 Å². The monoisotopic (exact) mass is 255 g/mol. The molecule has 0 bridgehead atoms. The summed E-state index contributed by atoms with van der Waals surface area (Å²) in [5.74, 6) is 0. The van der Waals surface area contributed by atoms with Crippen LogP contribution in [0.1, 0.15) is 19.4 Å². The van der Waals surface area contributed by atoms with E-state index in [9.17, 15) is 0 Å². The third kappa shape index (κ3) is 3.28. The molecule has 0 aliphatic heterocycles. The van der Waals surface area contributed by atoms with E-state index in [4.69, 9.17) is 0 Å². The van der Waals surface area contributed by atoms with Crippen molar-refractivity contribution >= 4 is 20.1 Å². The first-order valence-electron chi connectivity index (χ1n) is 5.09. The van der Waals surface area contributed by atoms with E-state index in [0.717, 1.165) is 19.5 Å². The summed E-state index contributed by atoms with van der Waals surface area (Å²) in [6.07, 6.45) is 1.02. The first kappa shape index (κ1) is 11.5. The van der Waals surface area contributed by atoms with Crippen LogP contribution in [-0.4, -0.2) is 38.1 Å². The minimum atomic E-state index is 1.02. The molecule has 2 heteroatoms. The van der Waals surface area contributed by atoms with Gasteiger partial charge < -0.3 is 0 Å². The second-order valence-corrected chi connectivity index (χ2v) is 4.22. The predicted molar refractivity (Wildman–Crippen MR) is 63.8 cm³/mol. The van der Waals surface area contributed by atoms with E-state index in [1.165, 1.54) is 10.1 Å². The fourth-order valence-electron chi connectivity index (χ4n) is 1.46. The molecule has 1 aromatic rings. The Bertz CT molecular complexity index is 278. The van der Waals surface area contributed by atoms with Crippen LogP contribution in [0.25, 0.3) is 0 Å². The molecule has 0 heterocycles. The number of hydrogen-bond donors (Lipinski definition) is 0. The molecule has 1 aromatic carbocycles. The molecule has 0 aliphatic rings. The van der Waals surface area contributed by atoms with Crippen LogP contribution in [0.3, 0.4) is 0 Å². The number of rotatable bonds is 5. The molecule has 76 valence electrons. The Kier molecular flexibility index (Phi) is 4.92. The quantitative estimate of drug-likeness (QED) is 0.725. The van der Waals surface area contributed by atoms with Gasteiger partial charge in [-0.15, -0.1) is 0 Å². The maximum absolute atomic E-state index is 3.17. The van der Waals surface area contributed by atoms with Gasteiger partial charge in [-0.1, -0.05) is 0 Å². The summed E-state index contributed by atoms with van der Waals surface area (Å²) >= 11 is 3.17. The third-order valence-electron chi connectivity index (χ3n) is 2.31. The zero-order valence-corrected chi connectivity index (χ0v) is 10.6. The Morgan fingerprint density at radius 1 is 1.14 bits per heavy atom. The minimum absolute atomic E-state index is 1.02. The van der Waals surface area contributed by atoms with Crippen LogP contribution >= 0.6 is 0 Å². The van der Waals surface area contributed by atoms with Crippen LogP contribution < -0.4 is 0 Å². The van der Waals surface area contributed by atoms with Gasteiger partial charge in [-0.05, 0) is 0 Å². The Labute approximate surface area is 94.5 Å². The first-order valence-corrected chi connectivity index (χ1v) is 5.95. The standard InChI is InChI=1S/C12H17NSe/c1-3-13(4-2)12(14)10-11-8-6-5-7-9-11/h5-9H,3-4,10H2,1-2H3. The summed E-state index contributed by atoms with van der Waals surface area (Å²) in [5, 5.41) is 0. The summed E-state index contributed by atoms with van der Waals surface area (Å²) in [6, 6.07) is 10.6. The molecular formula is C12H17NSe. The Morgan fingerprint density at radius 3 is 2.21 bits per heavy atom. The van der Waals surface area contributed by atoms with Crippen molar-refractivity contribution < 1.29 is 0 Å². The van der Waals surface area contributed by atoms with Gasteiger partial charge in [-0.2, -0.15) is 0 Å². The van der Waals surface area contributed by atoms with Crippen molar-refractivity contribution in [2.24, 2.45) is 0 Å². The number of benzene rings is 1. The van der Waals surface area contributed by atoms with Gasteiger partial charge in [0.2, 0.25) is 0 Å². The molecule has 0 amide bonds. The molecular weight excluding hydrogens is 237 g/mol. The van der Waals surface area contributed by atoms with Crippen LogP contribution in [-0.2, 0) is 6.42 Å². The van der Waals surface area contributed by atoms with Crippen molar-refractivity contribution in [1.82, 2.24) is 4.90 Å². The van der Waals surface area contributed by atoms with Crippen LogP contribution in [0, 0.1) is 0 Å². The summed E-state index contributed by atoms with van der Waals surface area (Å²) in [5.41, 5.74) is 1.37. The Balaban J connectivity index is 2.57. The summed E-state index contributed by atoms with van der Waals surface area (Å²) in [7, 11) is 0. The summed E-state index contributed by atoms with van der Waals surface area (Å²) in [4.78, 5) is 2.35. The summed E-state index contributed by atoms with van der Waals surface area (Å²) in [6.45, 7) is 6.52. The molecule has 1 nitrogen and oxygen atoms in total. The molecule has 0 fully saturated rings. The SMILES string of the molecule is CCN(CC)C(=[Se])Cc1ccccc1. The van der Waals surface area contributed by atoms with E-state index >= 15 is 0 Å². The zero-order valence-electron chi connectivity index (χ0n) is 8.86. The van der Waals surface area contributed by atoms with Crippen molar-refractivity contribution in [3.8, 4) is 0 Å². The molecule has 0 atom stereocenters. The van der Waals surface area contributed by atoms with Crippen LogP contribution in [0.15, 0.2) is 30.3 Å². The normalized spacial score (nSPS) is 9.86. The molecule has 0 unspecified atom stereocenters. The van der Waals surface area contributed by atoms with E-state index in [-0.39, 0.29) is 0 Å². The molecule has 14 heavy (non-hydrogen) atoms. The molecule has 0 N–H and O–H groups in total. The van der Waals surface area contributed by atoms with Crippen LogP contribution in [0.4, 0.5) is 0 Å². The molecule has 1 rings (SSSR count). The van der Waals surface area contributed by atoms with Gasteiger partial charge in [0.25, 0.3) is 0 Å². The van der Waals surface area contributed by atoms with Gasteiger partial charge in [0.05, 0.1) is 0 Å². The average Bonchev–Trinajstić information content (AvgIpc) is 2.21. The fraction of sp³-hybridized carbons (Fsp3) is 0.417. The van der Waals surface area contributed by atoms with E-state index in [2.05, 4.69) is 64.7 Å². The van der Waals surface area contributed by atoms with Gasteiger partial charge in [0.15, 0.2) is 0 Å². The van der Waals surface area contributed by atoms with Gasteiger partial charge in [-0.25, -0.2) is 0 Å². The zero-order chi connectivity index (χ0) is 10.4. The average molecular weight is 254 g/mol. The molecule has 0 aromatic heterocycles. The third-order valence-corrected chi connectivity index (χ3v) is 3.16. The van der Waals surface area contributed by atoms with Gasteiger partial charge in [0.1, 0.15) is 0 Å². The molecule has 0 saturated carbocycles. The van der Waals surface area contributed by atoms with Gasteiger partial charge in [0, 0.05) is 0 Å². The first-order chi connectivity index (χ1) is 6.77. The van der Waals surface area contributed by atoms with Crippen LogP contribution in [0.5, 0.6) is 0 Å². The van der Waals surface area contributed by atoms with Gasteiger partial charge >= 0.3 is 94.3 Å². The van der Waals surface area contributed by atoms with Crippen molar-refractivity contribution in [2.75, 3.05) is 13.1 Å². The fourth-order valence-corrected chi connectivity index (χ4v) is 2.35. The van der Waals surface area contributed by atoms with Crippen molar-refractivity contribution in [3.05, 3.63) is 35.9 Å². The molecule has 0 saturated heterocycles. The topological polar surface area (TPSA) is 3.24 Å². The second kappa shape index (κ2) is 6.00. The Morgan fingerprint density at radius 2 is 1.71 bits per heavy atom. The number of hydrogen-bond acceptors (Lipinski definition) is 1. The van der Waals surface area contributed by atoms with E-state index in [1.54, 1.807) is 0 Å². The van der Waals surface area contributed by atoms with Crippen molar-refractivity contribution in [1.29, 1.82) is 0 Å². The second-order valence-electron chi connectivity index (χ2n) is 3.23. The van der Waals surface area contributed by atoms with E-state index in [1.807, 2.05) is 0 Å². The number of nitrogens with zero attached hydrogens (tertiary/aromatic N) is 1. The predicted octanol–water partition coefficient (Wildman–Crippen LogP) is 1.87. The Hall–Kier alpha value is -0.591. The molecule has 0 radical (unpaired) electrons. The number of likely N-dealkylation sites (N-methyl/N-ethyl adjacent to an activating group) is 1. The maximum atomic E-state index is 3.17. The van der Waals surface area contributed by atoms with Gasteiger partial charge in [-0.3, -0.25) is 0 Å². The van der Waals surface area contributed by atoms with Crippen molar-refractivity contribution in [3.63, 3.8) is 0 Å². The molecule has 0 spiro atoms. The van der Waals surface area contributed by atoms with Crippen molar-refractivity contribution in [2.45, 2.75) is 20.3 Å². The molecule has 0 aliphatic carbocycles. The van der Waals surface area contributed by atoms with E-state index in [0.29, 0.717) is 0 Å².